The molecule has 0 saturated heterocycles. The highest BCUT2D eigenvalue weighted by Gasteiger charge is 2.17. The van der Waals surface area contributed by atoms with Gasteiger partial charge in [-0.15, -0.1) is 0 Å². The maximum atomic E-state index is 7.29. The van der Waals surface area contributed by atoms with E-state index in [2.05, 4.69) is 19.2 Å². The van der Waals surface area contributed by atoms with Gasteiger partial charge in [-0.25, -0.2) is 0 Å². The standard InChI is InChI=1S/C13H27N3/c1-10(2)11-6-3-4-8-12(9-5-7-11)16-13(14)15/h10-12H,3-9H2,1-2H3,(H4,14,15,16). The third kappa shape index (κ3) is 4.86. The molecule has 0 aromatic carbocycles. The summed E-state index contributed by atoms with van der Waals surface area (Å²) in [6.07, 6.45) is 8.94. The second kappa shape index (κ2) is 6.77. The summed E-state index contributed by atoms with van der Waals surface area (Å²) in [5, 5.41) is 10.4. The van der Waals surface area contributed by atoms with Gasteiger partial charge in [0.15, 0.2) is 5.96 Å². The molecule has 0 aliphatic heterocycles. The summed E-state index contributed by atoms with van der Waals surface area (Å²) in [6, 6.07) is 0.434. The van der Waals surface area contributed by atoms with Crippen molar-refractivity contribution < 1.29 is 0 Å². The second-order valence-corrected chi connectivity index (χ2v) is 5.47. The number of nitrogens with one attached hydrogen (secondary N) is 2. The van der Waals surface area contributed by atoms with Crippen LogP contribution in [0.15, 0.2) is 0 Å². The first-order valence-corrected chi connectivity index (χ1v) is 6.70. The van der Waals surface area contributed by atoms with Crippen LogP contribution in [-0.4, -0.2) is 12.0 Å². The summed E-state index contributed by atoms with van der Waals surface area (Å²) in [6.45, 7) is 4.68. The van der Waals surface area contributed by atoms with E-state index in [4.69, 9.17) is 11.1 Å². The van der Waals surface area contributed by atoms with Crippen LogP contribution >= 0.6 is 0 Å². The summed E-state index contributed by atoms with van der Waals surface area (Å²) < 4.78 is 0. The highest BCUT2D eigenvalue weighted by Crippen LogP contribution is 2.27. The van der Waals surface area contributed by atoms with Gasteiger partial charge in [0, 0.05) is 6.04 Å². The summed E-state index contributed by atoms with van der Waals surface area (Å²) in [5.74, 6) is 1.85. The van der Waals surface area contributed by atoms with Crippen LogP contribution in [-0.2, 0) is 0 Å². The van der Waals surface area contributed by atoms with E-state index in [0.717, 1.165) is 11.8 Å². The topological polar surface area (TPSA) is 61.9 Å². The Balaban J connectivity index is 2.39. The third-order valence-corrected chi connectivity index (χ3v) is 3.81. The molecule has 16 heavy (non-hydrogen) atoms. The van der Waals surface area contributed by atoms with Crippen molar-refractivity contribution in [3.63, 3.8) is 0 Å². The minimum Gasteiger partial charge on any atom is -0.370 e. The number of rotatable bonds is 2. The van der Waals surface area contributed by atoms with Gasteiger partial charge in [-0.2, -0.15) is 0 Å². The van der Waals surface area contributed by atoms with Crippen LogP contribution in [0.2, 0.25) is 0 Å². The van der Waals surface area contributed by atoms with Crippen molar-refractivity contribution in [2.45, 2.75) is 64.8 Å². The molecule has 4 N–H and O–H groups in total. The molecular weight excluding hydrogens is 198 g/mol. The fourth-order valence-electron chi connectivity index (χ4n) is 2.74. The molecule has 2 unspecified atom stereocenters. The zero-order valence-electron chi connectivity index (χ0n) is 10.8. The van der Waals surface area contributed by atoms with Gasteiger partial charge in [-0.1, -0.05) is 46.0 Å². The van der Waals surface area contributed by atoms with Gasteiger partial charge in [0.1, 0.15) is 0 Å². The number of hydrogen-bond donors (Lipinski definition) is 3. The molecule has 94 valence electrons. The molecule has 0 radical (unpaired) electrons. The van der Waals surface area contributed by atoms with Crippen molar-refractivity contribution in [1.29, 1.82) is 5.41 Å². The molecule has 3 heteroatoms. The molecule has 0 bridgehead atoms. The summed E-state index contributed by atoms with van der Waals surface area (Å²) in [7, 11) is 0. The van der Waals surface area contributed by atoms with Gasteiger partial charge in [0.05, 0.1) is 0 Å². The Kier molecular flexibility index (Phi) is 5.64. The zero-order chi connectivity index (χ0) is 12.0. The third-order valence-electron chi connectivity index (χ3n) is 3.81. The average molecular weight is 225 g/mol. The van der Waals surface area contributed by atoms with Crippen molar-refractivity contribution in [3.8, 4) is 0 Å². The first-order chi connectivity index (χ1) is 7.59. The molecule has 1 saturated carbocycles. The van der Waals surface area contributed by atoms with Crippen LogP contribution in [0.1, 0.15) is 58.8 Å². The van der Waals surface area contributed by atoms with Crippen LogP contribution in [0.25, 0.3) is 0 Å². The fraction of sp³-hybridized carbons (Fsp3) is 0.923. The Morgan fingerprint density at radius 3 is 2.31 bits per heavy atom. The van der Waals surface area contributed by atoms with Crippen LogP contribution in [0, 0.1) is 17.2 Å². The Labute approximate surface area is 99.7 Å². The molecule has 1 aliphatic carbocycles. The number of guanidine groups is 1. The lowest BCUT2D eigenvalue weighted by Gasteiger charge is -2.20. The average Bonchev–Trinajstić information content (AvgIpc) is 2.29. The monoisotopic (exact) mass is 225 g/mol. The van der Waals surface area contributed by atoms with E-state index in [-0.39, 0.29) is 5.96 Å². The van der Waals surface area contributed by atoms with E-state index >= 15 is 0 Å². The molecule has 2 atom stereocenters. The molecule has 0 aromatic heterocycles. The molecule has 1 rings (SSSR count). The Bertz CT molecular complexity index is 213. The molecule has 3 nitrogen and oxygen atoms in total. The molecule has 0 spiro atoms. The van der Waals surface area contributed by atoms with Crippen molar-refractivity contribution in [1.82, 2.24) is 5.32 Å². The SMILES string of the molecule is CC(C)C1CCCCC(NC(=N)N)CCC1. The van der Waals surface area contributed by atoms with Crippen LogP contribution in [0.3, 0.4) is 0 Å². The first-order valence-electron chi connectivity index (χ1n) is 6.70. The summed E-state index contributed by atoms with van der Waals surface area (Å²) >= 11 is 0. The van der Waals surface area contributed by atoms with E-state index in [1.165, 1.54) is 44.9 Å². The van der Waals surface area contributed by atoms with Gasteiger partial charge >= 0.3 is 0 Å². The van der Waals surface area contributed by atoms with Gasteiger partial charge in [-0.05, 0) is 24.7 Å². The van der Waals surface area contributed by atoms with Gasteiger partial charge in [0.25, 0.3) is 0 Å². The zero-order valence-corrected chi connectivity index (χ0v) is 10.8. The molecule has 1 fully saturated rings. The maximum absolute atomic E-state index is 7.29. The van der Waals surface area contributed by atoms with E-state index in [1.807, 2.05) is 0 Å². The molecule has 0 amide bonds. The Morgan fingerprint density at radius 1 is 1.12 bits per heavy atom. The lowest BCUT2D eigenvalue weighted by atomic mass is 9.87. The fourth-order valence-corrected chi connectivity index (χ4v) is 2.74. The molecular formula is C13H27N3. The molecule has 0 aromatic rings. The van der Waals surface area contributed by atoms with Crippen LogP contribution in [0.5, 0.6) is 0 Å². The van der Waals surface area contributed by atoms with E-state index in [1.54, 1.807) is 0 Å². The van der Waals surface area contributed by atoms with Crippen molar-refractivity contribution in [2.75, 3.05) is 0 Å². The van der Waals surface area contributed by atoms with Crippen LogP contribution in [0.4, 0.5) is 0 Å². The van der Waals surface area contributed by atoms with Gasteiger partial charge in [0.2, 0.25) is 0 Å². The predicted octanol–water partition coefficient (Wildman–Crippen LogP) is 2.85. The largest absolute Gasteiger partial charge is 0.370 e. The smallest absolute Gasteiger partial charge is 0.185 e. The van der Waals surface area contributed by atoms with Gasteiger partial charge < -0.3 is 11.1 Å². The second-order valence-electron chi connectivity index (χ2n) is 5.47. The lowest BCUT2D eigenvalue weighted by Crippen LogP contribution is -2.39. The first kappa shape index (κ1) is 13.3. The summed E-state index contributed by atoms with van der Waals surface area (Å²) in [5.41, 5.74) is 5.40. The Hall–Kier alpha value is -0.730. The highest BCUT2D eigenvalue weighted by molar-refractivity contribution is 5.74. The van der Waals surface area contributed by atoms with E-state index in [9.17, 15) is 0 Å². The van der Waals surface area contributed by atoms with Crippen molar-refractivity contribution in [2.24, 2.45) is 17.6 Å². The predicted molar refractivity (Wildman–Crippen MR) is 69.5 cm³/mol. The summed E-state index contributed by atoms with van der Waals surface area (Å²) in [4.78, 5) is 0. The normalized spacial score (nSPS) is 27.9. The van der Waals surface area contributed by atoms with Crippen LogP contribution < -0.4 is 11.1 Å². The highest BCUT2D eigenvalue weighted by atomic mass is 15.1. The minimum atomic E-state index is 0.129. The quantitative estimate of drug-likeness (QED) is 0.500. The van der Waals surface area contributed by atoms with Crippen molar-refractivity contribution >= 4 is 5.96 Å². The Morgan fingerprint density at radius 2 is 1.69 bits per heavy atom. The number of nitrogens with two attached hydrogens (primary N) is 1. The van der Waals surface area contributed by atoms with E-state index in [0.29, 0.717) is 6.04 Å². The number of hydrogen-bond acceptors (Lipinski definition) is 1. The molecule has 1 aliphatic rings. The molecule has 0 heterocycles. The van der Waals surface area contributed by atoms with Crippen molar-refractivity contribution in [3.05, 3.63) is 0 Å². The minimum absolute atomic E-state index is 0.129. The van der Waals surface area contributed by atoms with E-state index < -0.39 is 0 Å². The maximum Gasteiger partial charge on any atom is 0.185 e. The van der Waals surface area contributed by atoms with Gasteiger partial charge in [-0.3, -0.25) is 5.41 Å². The lowest BCUT2D eigenvalue weighted by molar-refractivity contribution is 0.323.